The molecule has 1 saturated heterocycles. The molecule has 150 valence electrons. The van der Waals surface area contributed by atoms with Crippen LogP contribution in [0.15, 0.2) is 34.8 Å². The third-order valence-electron chi connectivity index (χ3n) is 5.57. The van der Waals surface area contributed by atoms with Gasteiger partial charge in [-0.05, 0) is 71.6 Å². The lowest BCUT2D eigenvalue weighted by Crippen LogP contribution is -2.36. The lowest BCUT2D eigenvalue weighted by atomic mass is 9.77. The Balaban J connectivity index is 1.77. The molecule has 0 saturated carbocycles. The molecule has 0 spiro atoms. The van der Waals surface area contributed by atoms with Crippen molar-refractivity contribution in [3.05, 3.63) is 45.9 Å². The molecular weight excluding hydrogens is 422 g/mol. The van der Waals surface area contributed by atoms with Gasteiger partial charge in [-0.2, -0.15) is 0 Å². The van der Waals surface area contributed by atoms with Gasteiger partial charge in [-0.25, -0.2) is 0 Å². The van der Waals surface area contributed by atoms with E-state index in [1.54, 1.807) is 14.2 Å². The summed E-state index contributed by atoms with van der Waals surface area (Å²) in [6.45, 7) is 3.36. The minimum atomic E-state index is 0.0570. The predicted molar refractivity (Wildman–Crippen MR) is 113 cm³/mol. The highest BCUT2D eigenvalue weighted by Gasteiger charge is 2.40. The smallest absolute Gasteiger partial charge is 0.174 e. The van der Waals surface area contributed by atoms with Crippen LogP contribution in [-0.2, 0) is 4.74 Å². The highest BCUT2D eigenvalue weighted by molar-refractivity contribution is 9.10. The van der Waals surface area contributed by atoms with Crippen molar-refractivity contribution in [2.75, 3.05) is 32.8 Å². The van der Waals surface area contributed by atoms with Crippen LogP contribution in [0.2, 0.25) is 0 Å². The highest BCUT2D eigenvalue weighted by atomic mass is 79.9. The van der Waals surface area contributed by atoms with E-state index < -0.39 is 0 Å². The van der Waals surface area contributed by atoms with Gasteiger partial charge in [0.15, 0.2) is 11.5 Å². The second-order valence-corrected chi connectivity index (χ2v) is 7.99. The highest BCUT2D eigenvalue weighted by Crippen LogP contribution is 2.51. The molecule has 0 radical (unpaired) electrons. The quantitative estimate of drug-likeness (QED) is 0.655. The van der Waals surface area contributed by atoms with Crippen molar-refractivity contribution < 1.29 is 18.9 Å². The number of hydrogen-bond donors (Lipinski definition) is 1. The maximum Gasteiger partial charge on any atom is 0.174 e. The topological polar surface area (TPSA) is 49.0 Å². The molecule has 2 aromatic rings. The maximum absolute atomic E-state index is 6.25. The summed E-state index contributed by atoms with van der Waals surface area (Å²) in [6, 6.07) is 10.5. The van der Waals surface area contributed by atoms with Crippen LogP contribution in [0, 0.1) is 5.92 Å². The third-order valence-corrected chi connectivity index (χ3v) is 6.16. The zero-order valence-electron chi connectivity index (χ0n) is 16.5. The Morgan fingerprint density at radius 2 is 2.04 bits per heavy atom. The Kier molecular flexibility index (Phi) is 5.69. The molecule has 2 aromatic carbocycles. The fourth-order valence-electron chi connectivity index (χ4n) is 4.33. The van der Waals surface area contributed by atoms with Crippen molar-refractivity contribution in [1.29, 1.82) is 0 Å². The van der Waals surface area contributed by atoms with Crippen molar-refractivity contribution in [3.63, 3.8) is 0 Å². The first-order chi connectivity index (χ1) is 13.7. The molecule has 0 bridgehead atoms. The van der Waals surface area contributed by atoms with Crippen LogP contribution >= 0.6 is 15.9 Å². The molecule has 1 unspecified atom stereocenters. The van der Waals surface area contributed by atoms with Gasteiger partial charge >= 0.3 is 0 Å². The number of methoxy groups -OCH3 is 2. The van der Waals surface area contributed by atoms with E-state index in [1.807, 2.05) is 13.0 Å². The van der Waals surface area contributed by atoms with E-state index in [0.29, 0.717) is 12.5 Å². The second-order valence-electron chi connectivity index (χ2n) is 7.14. The Hall–Kier alpha value is -1.92. The van der Waals surface area contributed by atoms with Crippen LogP contribution in [0.5, 0.6) is 17.2 Å². The summed E-state index contributed by atoms with van der Waals surface area (Å²) in [5, 5.41) is 3.75. The fraction of sp³-hybridized carbons (Fsp3) is 0.455. The summed E-state index contributed by atoms with van der Waals surface area (Å²) >= 11 is 3.65. The summed E-state index contributed by atoms with van der Waals surface area (Å²) in [6.07, 6.45) is 2.22. The predicted octanol–water partition coefficient (Wildman–Crippen LogP) is 5.50. The Morgan fingerprint density at radius 3 is 2.79 bits per heavy atom. The lowest BCUT2D eigenvalue weighted by molar-refractivity contribution is -0.0382. The maximum atomic E-state index is 6.25. The molecule has 2 heterocycles. The van der Waals surface area contributed by atoms with Gasteiger partial charge in [0.1, 0.15) is 5.75 Å². The SMILES string of the molecule is CCOc1cc(C2Nc3ccc(OC)cc3[C@H]3OCCC[C@@H]23)cc(Br)c1OC. The first-order valence-electron chi connectivity index (χ1n) is 9.72. The van der Waals surface area contributed by atoms with Gasteiger partial charge in [0.2, 0.25) is 0 Å². The van der Waals surface area contributed by atoms with E-state index in [0.717, 1.165) is 52.4 Å². The Bertz CT molecular complexity index is 857. The standard InChI is InChI=1S/C22H26BrNO4/c1-4-27-19-11-13(10-17(23)22(19)26-3)20-15-6-5-9-28-21(15)16-12-14(25-2)7-8-18(16)24-20/h7-8,10-12,15,20-21,24H,4-6,9H2,1-3H3/t15-,20?,21-/m0/s1. The number of hydrogen-bond acceptors (Lipinski definition) is 5. The summed E-state index contributed by atoms with van der Waals surface area (Å²) in [7, 11) is 3.36. The van der Waals surface area contributed by atoms with Gasteiger partial charge < -0.3 is 24.3 Å². The molecular formula is C22H26BrNO4. The van der Waals surface area contributed by atoms with Crippen LogP contribution in [-0.4, -0.2) is 27.4 Å². The molecule has 0 aliphatic carbocycles. The fourth-order valence-corrected chi connectivity index (χ4v) is 4.96. The molecule has 6 heteroatoms. The van der Waals surface area contributed by atoms with Crippen molar-refractivity contribution in [2.24, 2.45) is 5.92 Å². The molecule has 0 amide bonds. The lowest BCUT2D eigenvalue weighted by Gasteiger charge is -2.43. The molecule has 5 nitrogen and oxygen atoms in total. The summed E-state index contributed by atoms with van der Waals surface area (Å²) < 4.78 is 24.0. The van der Waals surface area contributed by atoms with E-state index >= 15 is 0 Å². The van der Waals surface area contributed by atoms with Crippen molar-refractivity contribution in [2.45, 2.75) is 31.9 Å². The summed E-state index contributed by atoms with van der Waals surface area (Å²) in [4.78, 5) is 0. The average Bonchev–Trinajstić information content (AvgIpc) is 2.73. The van der Waals surface area contributed by atoms with Crippen LogP contribution in [0.1, 0.15) is 43.0 Å². The van der Waals surface area contributed by atoms with E-state index in [1.165, 1.54) is 5.56 Å². The summed E-state index contributed by atoms with van der Waals surface area (Å²) in [5.41, 5.74) is 3.44. The Morgan fingerprint density at radius 1 is 1.18 bits per heavy atom. The molecule has 28 heavy (non-hydrogen) atoms. The monoisotopic (exact) mass is 447 g/mol. The molecule has 3 atom stereocenters. The van der Waals surface area contributed by atoms with Crippen molar-refractivity contribution in [1.82, 2.24) is 0 Å². The Labute approximate surface area is 174 Å². The minimum absolute atomic E-state index is 0.0570. The molecule has 4 rings (SSSR count). The first-order valence-corrected chi connectivity index (χ1v) is 10.5. The number of benzene rings is 2. The number of halogens is 1. The molecule has 2 aliphatic rings. The second kappa shape index (κ2) is 8.21. The van der Waals surface area contributed by atoms with E-state index in [2.05, 4.69) is 45.5 Å². The average molecular weight is 448 g/mol. The van der Waals surface area contributed by atoms with Gasteiger partial charge in [0.05, 0.1) is 37.4 Å². The van der Waals surface area contributed by atoms with Crippen LogP contribution in [0.25, 0.3) is 0 Å². The van der Waals surface area contributed by atoms with Crippen molar-refractivity contribution in [3.8, 4) is 17.2 Å². The van der Waals surface area contributed by atoms with E-state index in [9.17, 15) is 0 Å². The molecule has 2 aliphatic heterocycles. The number of ether oxygens (including phenoxy) is 4. The van der Waals surface area contributed by atoms with E-state index in [-0.39, 0.29) is 12.1 Å². The molecule has 0 aromatic heterocycles. The number of anilines is 1. The zero-order valence-corrected chi connectivity index (χ0v) is 18.0. The number of fused-ring (bicyclic) bond motifs is 3. The van der Waals surface area contributed by atoms with Crippen LogP contribution in [0.3, 0.4) is 0 Å². The van der Waals surface area contributed by atoms with Gasteiger partial charge in [-0.3, -0.25) is 0 Å². The van der Waals surface area contributed by atoms with E-state index in [4.69, 9.17) is 18.9 Å². The minimum Gasteiger partial charge on any atom is -0.497 e. The number of rotatable bonds is 5. The normalized spacial score (nSPS) is 23.2. The summed E-state index contributed by atoms with van der Waals surface area (Å²) in [5.74, 6) is 2.67. The van der Waals surface area contributed by atoms with Crippen LogP contribution < -0.4 is 19.5 Å². The van der Waals surface area contributed by atoms with Crippen molar-refractivity contribution >= 4 is 21.6 Å². The van der Waals surface area contributed by atoms with Crippen LogP contribution in [0.4, 0.5) is 5.69 Å². The first kappa shape index (κ1) is 19.4. The molecule has 1 fully saturated rings. The number of nitrogens with one attached hydrogen (secondary N) is 1. The van der Waals surface area contributed by atoms with Gasteiger partial charge in [0.25, 0.3) is 0 Å². The zero-order chi connectivity index (χ0) is 19.7. The largest absolute Gasteiger partial charge is 0.497 e. The molecule has 1 N–H and O–H groups in total. The van der Waals surface area contributed by atoms with Gasteiger partial charge in [-0.15, -0.1) is 0 Å². The third kappa shape index (κ3) is 3.44. The van der Waals surface area contributed by atoms with Gasteiger partial charge in [-0.1, -0.05) is 0 Å². The van der Waals surface area contributed by atoms with Gasteiger partial charge in [0, 0.05) is 23.8 Å².